The first-order valence-corrected chi connectivity index (χ1v) is 6.93. The van der Waals surface area contributed by atoms with E-state index in [0.717, 1.165) is 25.7 Å². The molecule has 0 spiro atoms. The average Bonchev–Trinajstić information content (AvgIpc) is 2.21. The Hall–Kier alpha value is -1.06. The molecule has 0 bridgehead atoms. The summed E-state index contributed by atoms with van der Waals surface area (Å²) in [5.41, 5.74) is -0.976. The maximum Gasteiger partial charge on any atom is 0.329 e. The lowest BCUT2D eigenvalue weighted by Gasteiger charge is -2.43. The lowest BCUT2D eigenvalue weighted by atomic mass is 9.67. The van der Waals surface area contributed by atoms with Crippen LogP contribution >= 0.6 is 0 Å². The van der Waals surface area contributed by atoms with Crippen molar-refractivity contribution in [3.05, 3.63) is 0 Å². The van der Waals surface area contributed by atoms with Crippen LogP contribution in [0, 0.1) is 11.3 Å². The quantitative estimate of drug-likeness (QED) is 0.811. The maximum absolute atomic E-state index is 12.4. The van der Waals surface area contributed by atoms with Gasteiger partial charge in [0, 0.05) is 5.92 Å². The Bertz CT molecular complexity index is 358. The third-order valence-electron chi connectivity index (χ3n) is 4.80. The Morgan fingerprint density at radius 2 is 1.78 bits per heavy atom. The highest BCUT2D eigenvalue weighted by Gasteiger charge is 2.48. The van der Waals surface area contributed by atoms with Crippen LogP contribution < -0.4 is 5.32 Å². The van der Waals surface area contributed by atoms with Crippen molar-refractivity contribution in [3.8, 4) is 0 Å². The molecule has 2 rings (SSSR count). The van der Waals surface area contributed by atoms with E-state index in [1.807, 2.05) is 0 Å². The number of aliphatic carboxylic acids is 1. The Kier molecular flexibility index (Phi) is 3.39. The number of rotatable bonds is 3. The summed E-state index contributed by atoms with van der Waals surface area (Å²) in [6.07, 6.45) is 6.20. The van der Waals surface area contributed by atoms with Gasteiger partial charge in [-0.1, -0.05) is 26.7 Å². The molecule has 0 aliphatic heterocycles. The Morgan fingerprint density at radius 3 is 2.22 bits per heavy atom. The summed E-state index contributed by atoms with van der Waals surface area (Å²) in [4.78, 5) is 23.6. The van der Waals surface area contributed by atoms with E-state index in [-0.39, 0.29) is 17.2 Å². The van der Waals surface area contributed by atoms with Crippen molar-refractivity contribution in [2.75, 3.05) is 0 Å². The van der Waals surface area contributed by atoms with Gasteiger partial charge in [-0.25, -0.2) is 4.79 Å². The van der Waals surface area contributed by atoms with Gasteiger partial charge in [-0.15, -0.1) is 0 Å². The molecule has 18 heavy (non-hydrogen) atoms. The standard InChI is InChI=1S/C14H23NO3/c1-13(2)7-4-3-6-10(13)11(16)15-14(12(17)18)8-5-9-14/h10H,3-9H2,1-2H3,(H,15,16)(H,17,18). The average molecular weight is 253 g/mol. The minimum atomic E-state index is -0.968. The summed E-state index contributed by atoms with van der Waals surface area (Å²) in [5, 5.41) is 12.1. The molecule has 4 heteroatoms. The summed E-state index contributed by atoms with van der Waals surface area (Å²) in [5.74, 6) is -0.972. The van der Waals surface area contributed by atoms with Crippen LogP contribution in [0.3, 0.4) is 0 Å². The molecular formula is C14H23NO3. The fourth-order valence-corrected chi connectivity index (χ4v) is 3.23. The fourth-order valence-electron chi connectivity index (χ4n) is 3.23. The van der Waals surface area contributed by atoms with Gasteiger partial charge in [-0.05, 0) is 37.5 Å². The van der Waals surface area contributed by atoms with Crippen molar-refractivity contribution < 1.29 is 14.7 Å². The second-order valence-corrected chi connectivity index (χ2v) is 6.52. The molecule has 2 fully saturated rings. The molecule has 1 unspecified atom stereocenters. The highest BCUT2D eigenvalue weighted by atomic mass is 16.4. The normalized spacial score (nSPS) is 29.1. The van der Waals surface area contributed by atoms with Gasteiger partial charge in [0.2, 0.25) is 5.91 Å². The number of carbonyl (C=O) groups is 2. The molecule has 2 saturated carbocycles. The molecular weight excluding hydrogens is 230 g/mol. The first kappa shape index (κ1) is 13.4. The molecule has 0 heterocycles. The number of carboxylic acid groups (broad SMARTS) is 1. The van der Waals surface area contributed by atoms with E-state index in [1.165, 1.54) is 6.42 Å². The molecule has 0 aromatic carbocycles. The summed E-state index contributed by atoms with van der Waals surface area (Å²) in [7, 11) is 0. The van der Waals surface area contributed by atoms with E-state index in [0.29, 0.717) is 12.8 Å². The Balaban J connectivity index is 2.05. The van der Waals surface area contributed by atoms with E-state index in [2.05, 4.69) is 19.2 Å². The van der Waals surface area contributed by atoms with E-state index in [9.17, 15) is 14.7 Å². The van der Waals surface area contributed by atoms with Crippen molar-refractivity contribution in [1.29, 1.82) is 0 Å². The van der Waals surface area contributed by atoms with Gasteiger partial charge in [0.1, 0.15) is 5.54 Å². The molecule has 0 radical (unpaired) electrons. The third-order valence-corrected chi connectivity index (χ3v) is 4.80. The van der Waals surface area contributed by atoms with E-state index in [1.54, 1.807) is 0 Å². The lowest BCUT2D eigenvalue weighted by molar-refractivity contribution is -0.153. The van der Waals surface area contributed by atoms with Crippen LogP contribution in [0.2, 0.25) is 0 Å². The zero-order valence-corrected chi connectivity index (χ0v) is 11.3. The van der Waals surface area contributed by atoms with Crippen molar-refractivity contribution >= 4 is 11.9 Å². The van der Waals surface area contributed by atoms with Crippen LogP contribution in [0.15, 0.2) is 0 Å². The molecule has 0 saturated heterocycles. The van der Waals surface area contributed by atoms with Crippen LogP contribution in [0.25, 0.3) is 0 Å². The van der Waals surface area contributed by atoms with E-state index in [4.69, 9.17) is 0 Å². The minimum Gasteiger partial charge on any atom is -0.480 e. The van der Waals surface area contributed by atoms with Gasteiger partial charge in [0.15, 0.2) is 0 Å². The lowest BCUT2D eigenvalue weighted by Crippen LogP contribution is -2.61. The number of hydrogen-bond acceptors (Lipinski definition) is 2. The number of carbonyl (C=O) groups excluding carboxylic acids is 1. The van der Waals surface area contributed by atoms with Gasteiger partial charge in [0.25, 0.3) is 0 Å². The van der Waals surface area contributed by atoms with Crippen LogP contribution in [-0.2, 0) is 9.59 Å². The Morgan fingerprint density at radius 1 is 1.11 bits per heavy atom. The van der Waals surface area contributed by atoms with E-state index < -0.39 is 11.5 Å². The first-order valence-electron chi connectivity index (χ1n) is 6.93. The summed E-state index contributed by atoms with van der Waals surface area (Å²) < 4.78 is 0. The molecule has 2 N–H and O–H groups in total. The monoisotopic (exact) mass is 253 g/mol. The molecule has 0 aromatic rings. The highest BCUT2D eigenvalue weighted by Crippen LogP contribution is 2.41. The smallest absolute Gasteiger partial charge is 0.329 e. The second-order valence-electron chi connectivity index (χ2n) is 6.52. The molecule has 4 nitrogen and oxygen atoms in total. The molecule has 2 aliphatic rings. The molecule has 2 aliphatic carbocycles. The van der Waals surface area contributed by atoms with Crippen LogP contribution in [0.1, 0.15) is 58.8 Å². The predicted octanol–water partition coefficient (Wildman–Crippen LogP) is 2.33. The highest BCUT2D eigenvalue weighted by molar-refractivity contribution is 5.89. The largest absolute Gasteiger partial charge is 0.480 e. The SMILES string of the molecule is CC1(C)CCCCC1C(=O)NC1(C(=O)O)CCC1. The van der Waals surface area contributed by atoms with Crippen LogP contribution in [-0.4, -0.2) is 22.5 Å². The zero-order chi connectivity index (χ0) is 13.4. The molecule has 102 valence electrons. The van der Waals surface area contributed by atoms with Gasteiger partial charge in [-0.2, -0.15) is 0 Å². The third kappa shape index (κ3) is 2.25. The molecule has 0 aromatic heterocycles. The van der Waals surface area contributed by atoms with Crippen molar-refractivity contribution in [1.82, 2.24) is 5.32 Å². The van der Waals surface area contributed by atoms with Gasteiger partial charge in [0.05, 0.1) is 0 Å². The minimum absolute atomic E-state index is 0.00816. The fraction of sp³-hybridized carbons (Fsp3) is 0.857. The van der Waals surface area contributed by atoms with Crippen LogP contribution in [0.4, 0.5) is 0 Å². The van der Waals surface area contributed by atoms with Gasteiger partial charge >= 0.3 is 5.97 Å². The summed E-state index contributed by atoms with van der Waals surface area (Å²) in [6.45, 7) is 4.23. The van der Waals surface area contributed by atoms with Gasteiger partial charge < -0.3 is 10.4 Å². The van der Waals surface area contributed by atoms with Gasteiger partial charge in [-0.3, -0.25) is 4.79 Å². The van der Waals surface area contributed by atoms with Crippen molar-refractivity contribution in [3.63, 3.8) is 0 Å². The summed E-state index contributed by atoms with van der Waals surface area (Å²) >= 11 is 0. The zero-order valence-electron chi connectivity index (χ0n) is 11.3. The number of nitrogens with one attached hydrogen (secondary N) is 1. The predicted molar refractivity (Wildman–Crippen MR) is 68.1 cm³/mol. The van der Waals surface area contributed by atoms with Crippen molar-refractivity contribution in [2.45, 2.75) is 64.3 Å². The topological polar surface area (TPSA) is 66.4 Å². The van der Waals surface area contributed by atoms with Crippen LogP contribution in [0.5, 0.6) is 0 Å². The number of hydrogen-bond donors (Lipinski definition) is 2. The Labute approximate surface area is 108 Å². The molecule has 1 amide bonds. The summed E-state index contributed by atoms with van der Waals surface area (Å²) in [6, 6.07) is 0. The molecule has 1 atom stereocenters. The number of carboxylic acids is 1. The maximum atomic E-state index is 12.4. The first-order chi connectivity index (χ1) is 8.37. The van der Waals surface area contributed by atoms with E-state index >= 15 is 0 Å². The van der Waals surface area contributed by atoms with Crippen molar-refractivity contribution in [2.24, 2.45) is 11.3 Å². The second kappa shape index (κ2) is 4.56. The number of amides is 1.